The Bertz CT molecular complexity index is 355. The van der Waals surface area contributed by atoms with Crippen LogP contribution in [-0.2, 0) is 4.74 Å². The molecule has 1 aromatic carbocycles. The number of halogens is 4. The molecule has 0 saturated carbocycles. The van der Waals surface area contributed by atoms with Gasteiger partial charge in [0.25, 0.3) is 0 Å². The maximum Gasteiger partial charge on any atom is 0.411 e. The highest BCUT2D eigenvalue weighted by Crippen LogP contribution is 2.25. The van der Waals surface area contributed by atoms with Crippen LogP contribution in [0.1, 0.15) is 11.5 Å². The number of aliphatic hydroxyl groups is 1. The summed E-state index contributed by atoms with van der Waals surface area (Å²) < 4.78 is 41.0. The van der Waals surface area contributed by atoms with E-state index in [0.717, 1.165) is 10.0 Å². The van der Waals surface area contributed by atoms with Crippen molar-refractivity contribution in [2.75, 3.05) is 19.8 Å². The van der Waals surface area contributed by atoms with Gasteiger partial charge in [-0.25, -0.2) is 0 Å². The molecule has 0 aliphatic rings. The first-order valence-corrected chi connectivity index (χ1v) is 5.73. The lowest BCUT2D eigenvalue weighted by Crippen LogP contribution is -2.21. The van der Waals surface area contributed by atoms with Crippen molar-refractivity contribution in [3.63, 3.8) is 0 Å². The number of hydrogen-bond acceptors (Lipinski definition) is 2. The lowest BCUT2D eigenvalue weighted by Gasteiger charge is -2.17. The first kappa shape index (κ1) is 14.5. The zero-order chi connectivity index (χ0) is 12.9. The monoisotopic (exact) mass is 312 g/mol. The first-order valence-electron chi connectivity index (χ1n) is 4.94. The third kappa shape index (κ3) is 5.06. The zero-order valence-electron chi connectivity index (χ0n) is 8.88. The van der Waals surface area contributed by atoms with Crippen molar-refractivity contribution in [1.82, 2.24) is 0 Å². The number of ether oxygens (including phenoxy) is 1. The average molecular weight is 313 g/mol. The van der Waals surface area contributed by atoms with Gasteiger partial charge in [-0.05, 0) is 11.6 Å². The molecule has 2 nitrogen and oxygen atoms in total. The van der Waals surface area contributed by atoms with E-state index in [9.17, 15) is 13.2 Å². The summed E-state index contributed by atoms with van der Waals surface area (Å²) in [4.78, 5) is 0. The van der Waals surface area contributed by atoms with Gasteiger partial charge in [0, 0.05) is 10.4 Å². The molecule has 1 aromatic rings. The fourth-order valence-electron chi connectivity index (χ4n) is 1.36. The van der Waals surface area contributed by atoms with Crippen LogP contribution in [-0.4, -0.2) is 31.1 Å². The van der Waals surface area contributed by atoms with E-state index in [4.69, 9.17) is 5.11 Å². The number of aliphatic hydroxyl groups excluding tert-OH is 1. The molecule has 1 atom stereocenters. The van der Waals surface area contributed by atoms with Gasteiger partial charge >= 0.3 is 6.18 Å². The Kier molecular flexibility index (Phi) is 5.42. The Morgan fingerprint density at radius 3 is 2.47 bits per heavy atom. The quantitative estimate of drug-likeness (QED) is 0.905. The lowest BCUT2D eigenvalue weighted by atomic mass is 10.0. The molecule has 0 fully saturated rings. The zero-order valence-corrected chi connectivity index (χ0v) is 10.5. The van der Waals surface area contributed by atoms with Crippen molar-refractivity contribution in [1.29, 1.82) is 0 Å². The molecule has 1 unspecified atom stereocenters. The predicted molar refractivity (Wildman–Crippen MR) is 60.8 cm³/mol. The summed E-state index contributed by atoms with van der Waals surface area (Å²) in [6, 6.07) is 7.05. The molecular formula is C11H12BrF3O2. The van der Waals surface area contributed by atoms with Crippen LogP contribution in [0.15, 0.2) is 28.7 Å². The van der Waals surface area contributed by atoms with E-state index < -0.39 is 18.7 Å². The molecule has 1 N–H and O–H groups in total. The SMILES string of the molecule is OCC(COCC(F)(F)F)c1ccccc1Br. The summed E-state index contributed by atoms with van der Waals surface area (Å²) in [5.74, 6) is -0.465. The van der Waals surface area contributed by atoms with E-state index in [2.05, 4.69) is 20.7 Å². The van der Waals surface area contributed by atoms with Crippen LogP contribution in [0.5, 0.6) is 0 Å². The van der Waals surface area contributed by atoms with E-state index in [1.165, 1.54) is 0 Å². The fourth-order valence-corrected chi connectivity index (χ4v) is 1.97. The number of hydrogen-bond donors (Lipinski definition) is 1. The Morgan fingerprint density at radius 1 is 1.29 bits per heavy atom. The van der Waals surface area contributed by atoms with Gasteiger partial charge in [0.1, 0.15) is 6.61 Å². The highest BCUT2D eigenvalue weighted by atomic mass is 79.9. The molecule has 0 amide bonds. The molecule has 1 rings (SSSR count). The van der Waals surface area contributed by atoms with Crippen LogP contribution in [0.4, 0.5) is 13.2 Å². The third-order valence-corrected chi connectivity index (χ3v) is 2.87. The van der Waals surface area contributed by atoms with E-state index in [0.29, 0.717) is 0 Å². The van der Waals surface area contributed by atoms with Crippen LogP contribution in [0.25, 0.3) is 0 Å². The van der Waals surface area contributed by atoms with Crippen molar-refractivity contribution in [3.8, 4) is 0 Å². The minimum atomic E-state index is -4.34. The van der Waals surface area contributed by atoms with Gasteiger partial charge in [0.05, 0.1) is 13.2 Å². The van der Waals surface area contributed by atoms with Gasteiger partial charge in [-0.15, -0.1) is 0 Å². The van der Waals surface area contributed by atoms with E-state index in [1.807, 2.05) is 0 Å². The molecular weight excluding hydrogens is 301 g/mol. The molecule has 0 aliphatic heterocycles. The van der Waals surface area contributed by atoms with E-state index >= 15 is 0 Å². The van der Waals surface area contributed by atoms with Gasteiger partial charge in [-0.1, -0.05) is 34.1 Å². The number of alkyl halides is 3. The fraction of sp³-hybridized carbons (Fsp3) is 0.455. The van der Waals surface area contributed by atoms with Crippen molar-refractivity contribution in [2.24, 2.45) is 0 Å². The minimum Gasteiger partial charge on any atom is -0.396 e. The minimum absolute atomic E-state index is 0.168. The standard InChI is InChI=1S/C11H12BrF3O2/c12-10-4-2-1-3-9(10)8(5-16)6-17-7-11(13,14)15/h1-4,8,16H,5-7H2. The molecule has 0 heterocycles. The van der Waals surface area contributed by atoms with Crippen LogP contribution >= 0.6 is 15.9 Å². The third-order valence-electron chi connectivity index (χ3n) is 2.15. The lowest BCUT2D eigenvalue weighted by molar-refractivity contribution is -0.175. The van der Waals surface area contributed by atoms with Gasteiger partial charge < -0.3 is 9.84 Å². The smallest absolute Gasteiger partial charge is 0.396 e. The Labute approximate surface area is 106 Å². The van der Waals surface area contributed by atoms with Gasteiger partial charge in [0.15, 0.2) is 0 Å². The Hall–Kier alpha value is -0.590. The van der Waals surface area contributed by atoms with E-state index in [-0.39, 0.29) is 13.2 Å². The first-order chi connectivity index (χ1) is 7.94. The van der Waals surface area contributed by atoms with Gasteiger partial charge in [-0.2, -0.15) is 13.2 Å². The summed E-state index contributed by atoms with van der Waals surface area (Å²) in [6.45, 7) is -1.73. The summed E-state index contributed by atoms with van der Waals surface area (Å²) >= 11 is 3.28. The van der Waals surface area contributed by atoms with Crippen molar-refractivity contribution in [3.05, 3.63) is 34.3 Å². The maximum absolute atomic E-state index is 11.9. The second-order valence-corrected chi connectivity index (χ2v) is 4.39. The number of benzene rings is 1. The molecule has 0 spiro atoms. The van der Waals surface area contributed by atoms with Gasteiger partial charge in [-0.3, -0.25) is 0 Å². The van der Waals surface area contributed by atoms with Gasteiger partial charge in [0.2, 0.25) is 0 Å². The molecule has 0 aromatic heterocycles. The highest BCUT2D eigenvalue weighted by Gasteiger charge is 2.28. The predicted octanol–water partition coefficient (Wildman–Crippen LogP) is 3.10. The largest absolute Gasteiger partial charge is 0.411 e. The van der Waals surface area contributed by atoms with Crippen molar-refractivity contribution >= 4 is 15.9 Å². The normalized spacial score (nSPS) is 13.7. The second-order valence-electron chi connectivity index (χ2n) is 3.53. The number of rotatable bonds is 5. The summed E-state index contributed by atoms with van der Waals surface area (Å²) in [7, 11) is 0. The molecule has 0 radical (unpaired) electrons. The summed E-state index contributed by atoms with van der Waals surface area (Å²) in [6.07, 6.45) is -4.34. The summed E-state index contributed by atoms with van der Waals surface area (Å²) in [5, 5.41) is 9.15. The molecule has 0 saturated heterocycles. The van der Waals surface area contributed by atoms with Crippen LogP contribution in [0.3, 0.4) is 0 Å². The molecule has 0 bridgehead atoms. The Balaban J connectivity index is 2.58. The molecule has 17 heavy (non-hydrogen) atoms. The highest BCUT2D eigenvalue weighted by molar-refractivity contribution is 9.10. The van der Waals surface area contributed by atoms with Crippen LogP contribution in [0.2, 0.25) is 0 Å². The van der Waals surface area contributed by atoms with E-state index in [1.54, 1.807) is 24.3 Å². The molecule has 96 valence electrons. The van der Waals surface area contributed by atoms with Crippen LogP contribution < -0.4 is 0 Å². The molecule has 6 heteroatoms. The summed E-state index contributed by atoms with van der Waals surface area (Å²) in [5.41, 5.74) is 0.733. The van der Waals surface area contributed by atoms with Crippen molar-refractivity contribution < 1.29 is 23.0 Å². The Morgan fingerprint density at radius 2 is 1.94 bits per heavy atom. The van der Waals surface area contributed by atoms with Crippen LogP contribution in [0, 0.1) is 0 Å². The maximum atomic E-state index is 11.9. The topological polar surface area (TPSA) is 29.5 Å². The average Bonchev–Trinajstić information content (AvgIpc) is 2.24. The van der Waals surface area contributed by atoms with Crippen molar-refractivity contribution in [2.45, 2.75) is 12.1 Å². The molecule has 0 aliphatic carbocycles. The second kappa shape index (κ2) is 6.37.